The first-order valence-corrected chi connectivity index (χ1v) is 6.41. The van der Waals surface area contributed by atoms with Crippen LogP contribution in [0.3, 0.4) is 0 Å². The topological polar surface area (TPSA) is 38.3 Å². The zero-order valence-corrected chi connectivity index (χ0v) is 9.82. The second-order valence-electron chi connectivity index (χ2n) is 4.92. The van der Waals surface area contributed by atoms with E-state index in [0.29, 0.717) is 5.92 Å². The van der Waals surface area contributed by atoms with Crippen molar-refractivity contribution in [3.8, 4) is 5.75 Å². The second kappa shape index (κ2) is 4.40. The lowest BCUT2D eigenvalue weighted by Gasteiger charge is -2.33. The summed E-state index contributed by atoms with van der Waals surface area (Å²) >= 11 is 0. The molecule has 3 rings (SSSR count). The van der Waals surface area contributed by atoms with Crippen LogP contribution < -0.4 is 10.1 Å². The van der Waals surface area contributed by atoms with Crippen LogP contribution in [0.15, 0.2) is 24.3 Å². The van der Waals surface area contributed by atoms with E-state index in [1.807, 2.05) is 24.3 Å². The molecule has 1 aromatic rings. The number of ether oxygens (including phenoxy) is 1. The Morgan fingerprint density at radius 2 is 1.88 bits per heavy atom. The van der Waals surface area contributed by atoms with Gasteiger partial charge in [0, 0.05) is 5.92 Å². The Hall–Kier alpha value is -1.51. The van der Waals surface area contributed by atoms with Gasteiger partial charge in [0.2, 0.25) is 0 Å². The first-order chi connectivity index (χ1) is 8.34. The summed E-state index contributed by atoms with van der Waals surface area (Å²) in [7, 11) is 0. The Bertz CT molecular complexity index is 424. The minimum atomic E-state index is -0.287. The first kappa shape index (κ1) is 10.6. The van der Waals surface area contributed by atoms with Crippen molar-refractivity contribution in [2.75, 3.05) is 5.32 Å². The summed E-state index contributed by atoms with van der Waals surface area (Å²) in [6.45, 7) is 0. The summed E-state index contributed by atoms with van der Waals surface area (Å²) < 4.78 is 5.87. The smallest absolute Gasteiger partial charge is 0.265 e. The number of para-hydroxylation sites is 2. The van der Waals surface area contributed by atoms with Gasteiger partial charge in [-0.1, -0.05) is 31.4 Å². The molecular formula is C14H17NO2. The molecule has 1 aliphatic heterocycles. The fraction of sp³-hybridized carbons (Fsp3) is 0.500. The van der Waals surface area contributed by atoms with Gasteiger partial charge in [0.15, 0.2) is 6.10 Å². The van der Waals surface area contributed by atoms with E-state index in [2.05, 4.69) is 5.32 Å². The van der Waals surface area contributed by atoms with Gasteiger partial charge in [-0.05, 0) is 25.0 Å². The molecule has 1 N–H and O–H groups in total. The normalized spacial score (nSPS) is 24.7. The van der Waals surface area contributed by atoms with E-state index in [1.165, 1.54) is 19.3 Å². The van der Waals surface area contributed by atoms with Crippen molar-refractivity contribution in [2.24, 2.45) is 5.92 Å². The SMILES string of the molecule is O=C1Nc2ccccc2O[C@H]1C1CCCCC1. The van der Waals surface area contributed by atoms with E-state index in [9.17, 15) is 4.79 Å². The number of carbonyl (C=O) groups excluding carboxylic acids is 1. The number of fused-ring (bicyclic) bond motifs is 1. The number of benzene rings is 1. The summed E-state index contributed by atoms with van der Waals surface area (Å²) in [5.74, 6) is 1.22. The molecule has 1 fully saturated rings. The van der Waals surface area contributed by atoms with Crippen molar-refractivity contribution in [1.29, 1.82) is 0 Å². The van der Waals surface area contributed by atoms with Crippen LogP contribution in [0.1, 0.15) is 32.1 Å². The standard InChI is InChI=1S/C14H17NO2/c16-14-13(10-6-2-1-3-7-10)17-12-9-5-4-8-11(12)15-14/h4-5,8-10,13H,1-3,6-7H2,(H,15,16)/t13-/m0/s1. The van der Waals surface area contributed by atoms with Crippen LogP contribution >= 0.6 is 0 Å². The lowest BCUT2D eigenvalue weighted by Crippen LogP contribution is -2.43. The van der Waals surface area contributed by atoms with Crippen molar-refractivity contribution >= 4 is 11.6 Å². The van der Waals surface area contributed by atoms with Crippen LogP contribution in [0.5, 0.6) is 5.75 Å². The molecule has 0 aromatic heterocycles. The maximum Gasteiger partial charge on any atom is 0.265 e. The highest BCUT2D eigenvalue weighted by Gasteiger charge is 2.34. The monoisotopic (exact) mass is 231 g/mol. The van der Waals surface area contributed by atoms with Crippen molar-refractivity contribution < 1.29 is 9.53 Å². The van der Waals surface area contributed by atoms with Crippen molar-refractivity contribution in [3.05, 3.63) is 24.3 Å². The van der Waals surface area contributed by atoms with Gasteiger partial charge in [-0.25, -0.2) is 0 Å². The van der Waals surface area contributed by atoms with E-state index in [1.54, 1.807) is 0 Å². The molecule has 3 nitrogen and oxygen atoms in total. The van der Waals surface area contributed by atoms with Crippen molar-refractivity contribution in [2.45, 2.75) is 38.2 Å². The average Bonchev–Trinajstić information content (AvgIpc) is 2.39. The zero-order chi connectivity index (χ0) is 11.7. The van der Waals surface area contributed by atoms with Crippen LogP contribution in [0.4, 0.5) is 5.69 Å². The number of anilines is 1. The molecule has 0 bridgehead atoms. The molecule has 1 aliphatic carbocycles. The van der Waals surface area contributed by atoms with Gasteiger partial charge in [-0.3, -0.25) is 4.79 Å². The largest absolute Gasteiger partial charge is 0.478 e. The minimum Gasteiger partial charge on any atom is -0.478 e. The molecule has 1 saturated carbocycles. The van der Waals surface area contributed by atoms with E-state index >= 15 is 0 Å². The molecule has 0 unspecified atom stereocenters. The fourth-order valence-electron chi connectivity index (χ4n) is 2.81. The van der Waals surface area contributed by atoms with Crippen LogP contribution in [0, 0.1) is 5.92 Å². The molecule has 3 heteroatoms. The van der Waals surface area contributed by atoms with Crippen molar-refractivity contribution in [1.82, 2.24) is 0 Å². The van der Waals surface area contributed by atoms with Crippen molar-refractivity contribution in [3.63, 3.8) is 0 Å². The van der Waals surface area contributed by atoms with Gasteiger partial charge in [0.25, 0.3) is 5.91 Å². The van der Waals surface area contributed by atoms with Gasteiger partial charge in [-0.15, -0.1) is 0 Å². The maximum absolute atomic E-state index is 12.0. The van der Waals surface area contributed by atoms with Gasteiger partial charge in [0.05, 0.1) is 5.69 Å². The van der Waals surface area contributed by atoms with Gasteiger partial charge >= 0.3 is 0 Å². The average molecular weight is 231 g/mol. The number of hydrogen-bond donors (Lipinski definition) is 1. The number of hydrogen-bond acceptors (Lipinski definition) is 2. The molecule has 17 heavy (non-hydrogen) atoms. The summed E-state index contributed by atoms with van der Waals surface area (Å²) in [6, 6.07) is 7.65. The molecular weight excluding hydrogens is 214 g/mol. The molecule has 1 aromatic carbocycles. The van der Waals surface area contributed by atoms with Gasteiger partial charge < -0.3 is 10.1 Å². The van der Waals surface area contributed by atoms with Gasteiger partial charge in [0.1, 0.15) is 5.75 Å². The lowest BCUT2D eigenvalue weighted by molar-refractivity contribution is -0.126. The van der Waals surface area contributed by atoms with Crippen LogP contribution in [-0.4, -0.2) is 12.0 Å². The molecule has 0 saturated heterocycles. The summed E-state index contributed by atoms with van der Waals surface area (Å²) in [6.07, 6.45) is 5.67. The zero-order valence-electron chi connectivity index (χ0n) is 9.82. The molecule has 1 atom stereocenters. The highest BCUT2D eigenvalue weighted by molar-refractivity contribution is 5.97. The fourth-order valence-corrected chi connectivity index (χ4v) is 2.81. The second-order valence-corrected chi connectivity index (χ2v) is 4.92. The molecule has 1 amide bonds. The number of amides is 1. The van der Waals surface area contributed by atoms with Crippen LogP contribution in [-0.2, 0) is 4.79 Å². The number of rotatable bonds is 1. The highest BCUT2D eigenvalue weighted by atomic mass is 16.5. The minimum absolute atomic E-state index is 0.0237. The quantitative estimate of drug-likeness (QED) is 0.807. The van der Waals surface area contributed by atoms with E-state index in [0.717, 1.165) is 24.3 Å². The molecule has 0 spiro atoms. The summed E-state index contributed by atoms with van der Waals surface area (Å²) in [5.41, 5.74) is 0.796. The number of carbonyl (C=O) groups is 1. The van der Waals surface area contributed by atoms with E-state index < -0.39 is 0 Å². The van der Waals surface area contributed by atoms with E-state index in [4.69, 9.17) is 4.74 Å². The molecule has 2 aliphatic rings. The molecule has 0 radical (unpaired) electrons. The Labute approximate surface area is 101 Å². The predicted octanol–water partition coefficient (Wildman–Crippen LogP) is 2.97. The third kappa shape index (κ3) is 2.02. The number of nitrogens with one attached hydrogen (secondary N) is 1. The molecule has 90 valence electrons. The van der Waals surface area contributed by atoms with Crippen LogP contribution in [0.25, 0.3) is 0 Å². The molecule has 1 heterocycles. The van der Waals surface area contributed by atoms with Crippen LogP contribution in [0.2, 0.25) is 0 Å². The van der Waals surface area contributed by atoms with Gasteiger partial charge in [-0.2, -0.15) is 0 Å². The predicted molar refractivity (Wildman–Crippen MR) is 66.1 cm³/mol. The maximum atomic E-state index is 12.0. The van der Waals surface area contributed by atoms with E-state index in [-0.39, 0.29) is 12.0 Å². The first-order valence-electron chi connectivity index (χ1n) is 6.41. The summed E-state index contributed by atoms with van der Waals surface area (Å²) in [5, 5.41) is 2.94. The third-order valence-corrected chi connectivity index (χ3v) is 3.74. The third-order valence-electron chi connectivity index (χ3n) is 3.74. The Balaban J connectivity index is 1.81. The highest BCUT2D eigenvalue weighted by Crippen LogP contribution is 2.35. The lowest BCUT2D eigenvalue weighted by atomic mass is 9.84. The Morgan fingerprint density at radius 1 is 1.12 bits per heavy atom. The Morgan fingerprint density at radius 3 is 2.71 bits per heavy atom. The summed E-state index contributed by atoms with van der Waals surface area (Å²) in [4.78, 5) is 12.0. The Kier molecular flexibility index (Phi) is 2.75.